The molecule has 1 aromatic carbocycles. The van der Waals surface area contributed by atoms with Crippen LogP contribution < -0.4 is 0 Å². The number of pyridine rings is 1. The Morgan fingerprint density at radius 2 is 2.06 bits per heavy atom. The molecule has 18 heavy (non-hydrogen) atoms. The summed E-state index contributed by atoms with van der Waals surface area (Å²) in [6.07, 6.45) is 4.85. The Bertz CT molecular complexity index is 546. The summed E-state index contributed by atoms with van der Waals surface area (Å²) in [7, 11) is 0. The van der Waals surface area contributed by atoms with E-state index in [1.54, 1.807) is 6.20 Å². The van der Waals surface area contributed by atoms with Crippen LogP contribution >= 0.6 is 0 Å². The molecular weight excluding hydrogens is 222 g/mol. The zero-order chi connectivity index (χ0) is 13.0. The van der Waals surface area contributed by atoms with Crippen molar-refractivity contribution in [1.82, 2.24) is 4.98 Å². The first kappa shape index (κ1) is 12.5. The topological polar surface area (TPSA) is 30.0 Å². The fourth-order valence-corrected chi connectivity index (χ4v) is 1.97. The van der Waals surface area contributed by atoms with E-state index in [9.17, 15) is 4.79 Å². The fourth-order valence-electron chi connectivity index (χ4n) is 1.97. The normalized spacial score (nSPS) is 10.3. The van der Waals surface area contributed by atoms with Crippen molar-refractivity contribution >= 4 is 5.78 Å². The van der Waals surface area contributed by atoms with Gasteiger partial charge in [-0.2, -0.15) is 0 Å². The van der Waals surface area contributed by atoms with Crippen LogP contribution in [-0.2, 0) is 6.42 Å². The molecule has 92 valence electrons. The lowest BCUT2D eigenvalue weighted by atomic mass is 9.98. The highest BCUT2D eigenvalue weighted by atomic mass is 16.1. The number of Topliss-reactive ketones (excluding diaryl/α,β-unsaturated/α-hetero) is 1. The van der Waals surface area contributed by atoms with E-state index in [1.807, 2.05) is 50.4 Å². The molecule has 2 rings (SSSR count). The summed E-state index contributed by atoms with van der Waals surface area (Å²) < 4.78 is 0. The predicted octanol–water partition coefficient (Wildman–Crippen LogP) is 3.51. The van der Waals surface area contributed by atoms with E-state index < -0.39 is 0 Å². The Kier molecular flexibility index (Phi) is 3.88. The molecule has 0 fully saturated rings. The number of carbonyl (C=O) groups excluding carboxylic acids is 1. The van der Waals surface area contributed by atoms with Gasteiger partial charge < -0.3 is 0 Å². The van der Waals surface area contributed by atoms with E-state index in [2.05, 4.69) is 4.98 Å². The second-order valence-corrected chi connectivity index (χ2v) is 4.60. The van der Waals surface area contributed by atoms with E-state index in [1.165, 1.54) is 0 Å². The molecule has 0 aliphatic heterocycles. The van der Waals surface area contributed by atoms with Crippen LogP contribution in [0, 0.1) is 13.8 Å². The largest absolute Gasteiger partial charge is 0.294 e. The summed E-state index contributed by atoms with van der Waals surface area (Å²) in [5, 5.41) is 0. The van der Waals surface area contributed by atoms with Gasteiger partial charge in [-0.25, -0.2) is 0 Å². The molecule has 1 aromatic heterocycles. The number of hydrogen-bond acceptors (Lipinski definition) is 2. The number of rotatable bonds is 4. The Hall–Kier alpha value is -1.96. The predicted molar refractivity (Wildman–Crippen MR) is 72.8 cm³/mol. The van der Waals surface area contributed by atoms with Gasteiger partial charge in [-0.05, 0) is 43.5 Å². The van der Waals surface area contributed by atoms with Gasteiger partial charge in [-0.1, -0.05) is 23.8 Å². The molecule has 2 heteroatoms. The van der Waals surface area contributed by atoms with Crippen molar-refractivity contribution in [3.63, 3.8) is 0 Å². The molecular formula is C16H17NO. The Morgan fingerprint density at radius 1 is 1.22 bits per heavy atom. The maximum Gasteiger partial charge on any atom is 0.163 e. The fraction of sp³-hybridized carbons (Fsp3) is 0.250. The molecule has 0 atom stereocenters. The van der Waals surface area contributed by atoms with Crippen LogP contribution in [0.25, 0.3) is 0 Å². The van der Waals surface area contributed by atoms with Gasteiger partial charge in [-0.3, -0.25) is 9.78 Å². The molecule has 0 saturated heterocycles. The number of benzene rings is 1. The minimum Gasteiger partial charge on any atom is -0.294 e. The minimum absolute atomic E-state index is 0.208. The van der Waals surface area contributed by atoms with Gasteiger partial charge in [-0.15, -0.1) is 0 Å². The average molecular weight is 239 g/mol. The third kappa shape index (κ3) is 3.04. The molecule has 0 amide bonds. The van der Waals surface area contributed by atoms with E-state index in [-0.39, 0.29) is 5.78 Å². The van der Waals surface area contributed by atoms with Gasteiger partial charge in [0.25, 0.3) is 0 Å². The summed E-state index contributed by atoms with van der Waals surface area (Å²) >= 11 is 0. The third-order valence-corrected chi connectivity index (χ3v) is 3.06. The van der Waals surface area contributed by atoms with Gasteiger partial charge in [0.15, 0.2) is 5.78 Å². The first-order valence-corrected chi connectivity index (χ1v) is 6.16. The summed E-state index contributed by atoms with van der Waals surface area (Å²) in [4.78, 5) is 16.2. The lowest BCUT2D eigenvalue weighted by molar-refractivity contribution is 0.0982. The molecule has 2 nitrogen and oxygen atoms in total. The number of hydrogen-bond donors (Lipinski definition) is 0. The van der Waals surface area contributed by atoms with E-state index >= 15 is 0 Å². The van der Waals surface area contributed by atoms with Crippen molar-refractivity contribution < 1.29 is 4.79 Å². The number of aromatic nitrogens is 1. The molecule has 2 aromatic rings. The monoisotopic (exact) mass is 239 g/mol. The SMILES string of the molecule is Cc1ccc(C)c(C(=O)CCc2cccnc2)c1. The standard InChI is InChI=1S/C16H17NO/c1-12-5-6-13(2)15(10-12)16(18)8-7-14-4-3-9-17-11-14/h3-6,9-11H,7-8H2,1-2H3. The first-order valence-electron chi connectivity index (χ1n) is 6.16. The second-order valence-electron chi connectivity index (χ2n) is 4.60. The van der Waals surface area contributed by atoms with Gasteiger partial charge in [0.2, 0.25) is 0 Å². The van der Waals surface area contributed by atoms with Crippen LogP contribution in [-0.4, -0.2) is 10.8 Å². The van der Waals surface area contributed by atoms with Crippen molar-refractivity contribution in [2.24, 2.45) is 0 Å². The van der Waals surface area contributed by atoms with E-state index in [0.717, 1.165) is 28.7 Å². The molecule has 1 heterocycles. The van der Waals surface area contributed by atoms with Crippen molar-refractivity contribution in [3.05, 3.63) is 65.0 Å². The molecule has 0 aliphatic rings. The Morgan fingerprint density at radius 3 is 2.78 bits per heavy atom. The van der Waals surface area contributed by atoms with Gasteiger partial charge in [0.05, 0.1) is 0 Å². The zero-order valence-electron chi connectivity index (χ0n) is 10.8. The van der Waals surface area contributed by atoms with Crippen LogP contribution in [0.2, 0.25) is 0 Å². The number of ketones is 1. The lowest BCUT2D eigenvalue weighted by Crippen LogP contribution is -2.04. The molecule has 0 aliphatic carbocycles. The zero-order valence-corrected chi connectivity index (χ0v) is 10.8. The van der Waals surface area contributed by atoms with Crippen molar-refractivity contribution in [1.29, 1.82) is 0 Å². The lowest BCUT2D eigenvalue weighted by Gasteiger charge is -2.06. The molecule has 0 N–H and O–H groups in total. The highest BCUT2D eigenvalue weighted by molar-refractivity contribution is 5.97. The second kappa shape index (κ2) is 5.58. The van der Waals surface area contributed by atoms with E-state index in [4.69, 9.17) is 0 Å². The summed E-state index contributed by atoms with van der Waals surface area (Å²) in [6, 6.07) is 9.92. The highest BCUT2D eigenvalue weighted by Gasteiger charge is 2.09. The summed E-state index contributed by atoms with van der Waals surface area (Å²) in [5.74, 6) is 0.208. The summed E-state index contributed by atoms with van der Waals surface area (Å²) in [5.41, 5.74) is 4.14. The maximum absolute atomic E-state index is 12.2. The average Bonchev–Trinajstić information content (AvgIpc) is 2.40. The molecule has 0 spiro atoms. The van der Waals surface area contributed by atoms with Gasteiger partial charge >= 0.3 is 0 Å². The quantitative estimate of drug-likeness (QED) is 0.764. The molecule has 0 saturated carbocycles. The van der Waals surface area contributed by atoms with Crippen LogP contribution in [0.1, 0.15) is 33.5 Å². The van der Waals surface area contributed by atoms with Gasteiger partial charge in [0, 0.05) is 24.4 Å². The van der Waals surface area contributed by atoms with Crippen molar-refractivity contribution in [2.75, 3.05) is 0 Å². The number of aryl methyl sites for hydroxylation is 3. The van der Waals surface area contributed by atoms with E-state index in [0.29, 0.717) is 6.42 Å². The van der Waals surface area contributed by atoms with Gasteiger partial charge in [0.1, 0.15) is 0 Å². The van der Waals surface area contributed by atoms with Crippen LogP contribution in [0.15, 0.2) is 42.7 Å². The molecule has 0 radical (unpaired) electrons. The Labute approximate surface area is 108 Å². The number of nitrogens with zero attached hydrogens (tertiary/aromatic N) is 1. The molecule has 0 unspecified atom stereocenters. The molecule has 0 bridgehead atoms. The Balaban J connectivity index is 2.06. The minimum atomic E-state index is 0.208. The van der Waals surface area contributed by atoms with Crippen LogP contribution in [0.3, 0.4) is 0 Å². The highest BCUT2D eigenvalue weighted by Crippen LogP contribution is 2.14. The van der Waals surface area contributed by atoms with Crippen LogP contribution in [0.4, 0.5) is 0 Å². The smallest absolute Gasteiger partial charge is 0.163 e. The van der Waals surface area contributed by atoms with Crippen molar-refractivity contribution in [3.8, 4) is 0 Å². The third-order valence-electron chi connectivity index (χ3n) is 3.06. The number of carbonyl (C=O) groups is 1. The van der Waals surface area contributed by atoms with Crippen LogP contribution in [0.5, 0.6) is 0 Å². The maximum atomic E-state index is 12.2. The van der Waals surface area contributed by atoms with Crippen molar-refractivity contribution in [2.45, 2.75) is 26.7 Å². The summed E-state index contributed by atoms with van der Waals surface area (Å²) in [6.45, 7) is 3.99. The first-order chi connectivity index (χ1) is 8.66.